The van der Waals surface area contributed by atoms with E-state index in [9.17, 15) is 0 Å². The number of nitrogens with zero attached hydrogens (tertiary/aromatic N) is 3. The maximum absolute atomic E-state index is 5.36. The van der Waals surface area contributed by atoms with Crippen molar-refractivity contribution < 1.29 is 0 Å². The van der Waals surface area contributed by atoms with E-state index in [4.69, 9.17) is 5.73 Å². The van der Waals surface area contributed by atoms with E-state index < -0.39 is 0 Å². The minimum Gasteiger partial charge on any atom is -0.387 e. The van der Waals surface area contributed by atoms with Crippen molar-refractivity contribution in [3.05, 3.63) is 12.3 Å². The van der Waals surface area contributed by atoms with Gasteiger partial charge in [-0.15, -0.1) is 0 Å². The van der Waals surface area contributed by atoms with E-state index in [1.165, 1.54) is 0 Å². The van der Waals surface area contributed by atoms with E-state index in [0.717, 1.165) is 5.82 Å². The van der Waals surface area contributed by atoms with Crippen LogP contribution >= 0.6 is 0 Å². The predicted molar refractivity (Wildman–Crippen MR) is 40.2 cm³/mol. The third-order valence-corrected chi connectivity index (χ3v) is 1.09. The van der Waals surface area contributed by atoms with Crippen molar-refractivity contribution in [3.63, 3.8) is 0 Å². The quantitative estimate of drug-likeness (QED) is 0.452. The van der Waals surface area contributed by atoms with Gasteiger partial charge in [0.25, 0.3) is 0 Å². The van der Waals surface area contributed by atoms with Crippen LogP contribution in [0.4, 0.5) is 5.82 Å². The summed E-state index contributed by atoms with van der Waals surface area (Å²) in [6.45, 7) is 1.74. The fourth-order valence-electron chi connectivity index (χ4n) is 0.657. The highest BCUT2D eigenvalue weighted by Crippen LogP contribution is 2.06. The topological polar surface area (TPSA) is 56.2 Å². The predicted octanol–water partition coefficient (Wildman–Crippen LogP) is 0.429. The van der Waals surface area contributed by atoms with Crippen LogP contribution in [0.1, 0.15) is 6.92 Å². The standard InChI is InChI=1S/C6H10N4/c1-5(7)9-6-3-4-8-10(6)2/h3-4H,1-2H3,(H2,7,9). The summed E-state index contributed by atoms with van der Waals surface area (Å²) in [6.07, 6.45) is 1.68. The Morgan fingerprint density at radius 2 is 2.50 bits per heavy atom. The molecule has 1 aromatic rings. The molecule has 0 atom stereocenters. The molecule has 0 aliphatic heterocycles. The maximum atomic E-state index is 5.36. The van der Waals surface area contributed by atoms with Gasteiger partial charge in [0.15, 0.2) is 5.82 Å². The smallest absolute Gasteiger partial charge is 0.152 e. The van der Waals surface area contributed by atoms with E-state index in [1.807, 2.05) is 7.05 Å². The van der Waals surface area contributed by atoms with Gasteiger partial charge in [0.2, 0.25) is 0 Å². The van der Waals surface area contributed by atoms with Gasteiger partial charge in [-0.05, 0) is 6.92 Å². The summed E-state index contributed by atoms with van der Waals surface area (Å²) in [7, 11) is 1.82. The minimum absolute atomic E-state index is 0.545. The Bertz CT molecular complexity index is 244. The molecule has 0 bridgehead atoms. The fraction of sp³-hybridized carbons (Fsp3) is 0.333. The summed E-state index contributed by atoms with van der Waals surface area (Å²) in [4.78, 5) is 4.01. The van der Waals surface area contributed by atoms with Gasteiger partial charge >= 0.3 is 0 Å². The molecule has 4 nitrogen and oxygen atoms in total. The third-order valence-electron chi connectivity index (χ3n) is 1.09. The molecule has 0 aliphatic rings. The number of hydrogen-bond acceptors (Lipinski definition) is 2. The molecular formula is C6H10N4. The number of nitrogens with two attached hydrogens (primary N) is 1. The highest BCUT2D eigenvalue weighted by atomic mass is 15.3. The molecule has 54 valence electrons. The van der Waals surface area contributed by atoms with Crippen LogP contribution in [0.3, 0.4) is 0 Å². The lowest BCUT2D eigenvalue weighted by Crippen LogP contribution is -2.04. The summed E-state index contributed by atoms with van der Waals surface area (Å²) in [5, 5.41) is 3.92. The Morgan fingerprint density at radius 1 is 1.80 bits per heavy atom. The minimum atomic E-state index is 0.545. The number of rotatable bonds is 1. The number of amidine groups is 1. The highest BCUT2D eigenvalue weighted by Gasteiger charge is 1.92. The number of aromatic nitrogens is 2. The Morgan fingerprint density at radius 3 is 2.90 bits per heavy atom. The van der Waals surface area contributed by atoms with Crippen LogP contribution in [0.25, 0.3) is 0 Å². The van der Waals surface area contributed by atoms with Crippen LogP contribution in [0, 0.1) is 0 Å². The zero-order chi connectivity index (χ0) is 7.56. The number of aliphatic imine (C=N–C) groups is 1. The molecule has 0 unspecified atom stereocenters. The lowest BCUT2D eigenvalue weighted by atomic mass is 10.6. The molecular weight excluding hydrogens is 128 g/mol. The molecule has 4 heteroatoms. The molecule has 2 N–H and O–H groups in total. The second-order valence-electron chi connectivity index (χ2n) is 2.07. The van der Waals surface area contributed by atoms with Crippen LogP contribution in [0.5, 0.6) is 0 Å². The van der Waals surface area contributed by atoms with Crippen LogP contribution in [0.2, 0.25) is 0 Å². The summed E-state index contributed by atoms with van der Waals surface area (Å²) in [5.41, 5.74) is 5.36. The molecule has 10 heavy (non-hydrogen) atoms. The monoisotopic (exact) mass is 138 g/mol. The molecule has 0 fully saturated rings. The normalized spacial score (nSPS) is 12.0. The van der Waals surface area contributed by atoms with Gasteiger partial charge in [0.05, 0.1) is 12.0 Å². The molecule has 0 spiro atoms. The first-order valence-corrected chi connectivity index (χ1v) is 2.99. The second-order valence-corrected chi connectivity index (χ2v) is 2.07. The average Bonchev–Trinajstić information content (AvgIpc) is 2.15. The summed E-state index contributed by atoms with van der Waals surface area (Å²) < 4.78 is 1.66. The lowest BCUT2D eigenvalue weighted by molar-refractivity contribution is 0.770. The van der Waals surface area contributed by atoms with E-state index in [0.29, 0.717) is 5.84 Å². The zero-order valence-electron chi connectivity index (χ0n) is 6.07. The van der Waals surface area contributed by atoms with Crippen LogP contribution in [-0.4, -0.2) is 15.6 Å². The van der Waals surface area contributed by atoms with Gasteiger partial charge in [0.1, 0.15) is 0 Å². The molecule has 0 amide bonds. The second kappa shape index (κ2) is 2.51. The first kappa shape index (κ1) is 6.80. The van der Waals surface area contributed by atoms with Crippen molar-refractivity contribution in [3.8, 4) is 0 Å². The van der Waals surface area contributed by atoms with Gasteiger partial charge in [-0.1, -0.05) is 0 Å². The molecule has 0 radical (unpaired) electrons. The average molecular weight is 138 g/mol. The van der Waals surface area contributed by atoms with Gasteiger partial charge in [0, 0.05) is 13.1 Å². The molecule has 0 saturated heterocycles. The Balaban J connectivity index is 2.95. The highest BCUT2D eigenvalue weighted by molar-refractivity contribution is 5.79. The summed E-state index contributed by atoms with van der Waals surface area (Å²) in [6, 6.07) is 1.80. The van der Waals surface area contributed by atoms with Gasteiger partial charge in [-0.3, -0.25) is 4.68 Å². The maximum Gasteiger partial charge on any atom is 0.152 e. The Kier molecular flexibility index (Phi) is 1.71. The summed E-state index contributed by atoms with van der Waals surface area (Å²) >= 11 is 0. The molecule has 0 aliphatic carbocycles. The SMILES string of the molecule is CC(N)=Nc1ccnn1C. The third kappa shape index (κ3) is 1.34. The molecule has 1 aromatic heterocycles. The van der Waals surface area contributed by atoms with E-state index in [1.54, 1.807) is 23.9 Å². The van der Waals surface area contributed by atoms with Gasteiger partial charge in [-0.25, -0.2) is 4.99 Å². The molecule has 1 rings (SSSR count). The first-order chi connectivity index (χ1) is 4.70. The first-order valence-electron chi connectivity index (χ1n) is 2.99. The Labute approximate surface area is 59.4 Å². The van der Waals surface area contributed by atoms with Crippen molar-refractivity contribution in [2.45, 2.75) is 6.92 Å². The van der Waals surface area contributed by atoms with Gasteiger partial charge in [-0.2, -0.15) is 5.10 Å². The van der Waals surface area contributed by atoms with Crippen LogP contribution in [-0.2, 0) is 7.05 Å². The molecule has 0 aromatic carbocycles. The fourth-order valence-corrected chi connectivity index (χ4v) is 0.657. The lowest BCUT2D eigenvalue weighted by Gasteiger charge is -1.93. The van der Waals surface area contributed by atoms with Crippen LogP contribution in [0.15, 0.2) is 17.3 Å². The van der Waals surface area contributed by atoms with Crippen molar-refractivity contribution in [1.29, 1.82) is 0 Å². The van der Waals surface area contributed by atoms with E-state index in [2.05, 4.69) is 10.1 Å². The van der Waals surface area contributed by atoms with E-state index >= 15 is 0 Å². The number of hydrogen-bond donors (Lipinski definition) is 1. The van der Waals surface area contributed by atoms with Crippen molar-refractivity contribution in [2.75, 3.05) is 0 Å². The van der Waals surface area contributed by atoms with Crippen molar-refractivity contribution >= 4 is 11.7 Å². The molecule has 1 heterocycles. The van der Waals surface area contributed by atoms with Crippen molar-refractivity contribution in [1.82, 2.24) is 9.78 Å². The van der Waals surface area contributed by atoms with Crippen LogP contribution < -0.4 is 5.73 Å². The molecule has 0 saturated carbocycles. The van der Waals surface area contributed by atoms with Gasteiger partial charge < -0.3 is 5.73 Å². The zero-order valence-corrected chi connectivity index (χ0v) is 6.07. The van der Waals surface area contributed by atoms with E-state index in [-0.39, 0.29) is 0 Å². The Hall–Kier alpha value is -1.32. The number of aryl methyl sites for hydroxylation is 1. The largest absolute Gasteiger partial charge is 0.387 e. The van der Waals surface area contributed by atoms with Crippen molar-refractivity contribution in [2.24, 2.45) is 17.8 Å². The summed E-state index contributed by atoms with van der Waals surface area (Å²) in [5.74, 6) is 1.32.